The predicted octanol–water partition coefficient (Wildman–Crippen LogP) is 3.32. The van der Waals surface area contributed by atoms with Crippen LogP contribution in [0, 0.1) is 18.3 Å². The maximum Gasteiger partial charge on any atom is 0.170 e. The predicted molar refractivity (Wildman–Crippen MR) is 75.6 cm³/mol. The zero-order chi connectivity index (χ0) is 14.5. The van der Waals surface area contributed by atoms with E-state index in [0.717, 1.165) is 5.56 Å². The molecular formula is C17H13NO2. The SMILES string of the molecule is Cc1ccc(C(=O)CC(=O)c2ccc(C#N)cc2)cc1. The highest BCUT2D eigenvalue weighted by Gasteiger charge is 2.13. The summed E-state index contributed by atoms with van der Waals surface area (Å²) in [4.78, 5) is 24.0. The normalized spacial score (nSPS) is 9.80. The van der Waals surface area contributed by atoms with Gasteiger partial charge in [-0.25, -0.2) is 0 Å². The quantitative estimate of drug-likeness (QED) is 0.628. The second-order valence-corrected chi connectivity index (χ2v) is 4.58. The van der Waals surface area contributed by atoms with E-state index in [1.54, 1.807) is 36.4 Å². The molecule has 98 valence electrons. The molecule has 0 bridgehead atoms. The number of ketones is 2. The molecule has 0 heterocycles. The van der Waals surface area contributed by atoms with E-state index in [0.29, 0.717) is 16.7 Å². The lowest BCUT2D eigenvalue weighted by molar-refractivity contribution is 0.0894. The highest BCUT2D eigenvalue weighted by molar-refractivity contribution is 6.13. The van der Waals surface area contributed by atoms with Crippen LogP contribution in [0.5, 0.6) is 0 Å². The van der Waals surface area contributed by atoms with Crippen LogP contribution in [0.4, 0.5) is 0 Å². The molecule has 0 aliphatic rings. The molecule has 0 radical (unpaired) electrons. The molecule has 0 saturated carbocycles. The third-order valence-corrected chi connectivity index (χ3v) is 3.03. The van der Waals surface area contributed by atoms with Crippen molar-refractivity contribution < 1.29 is 9.59 Å². The Kier molecular flexibility index (Phi) is 4.07. The Morgan fingerprint density at radius 3 is 1.80 bits per heavy atom. The number of Topliss-reactive ketones (excluding diaryl/α,β-unsaturated/α-hetero) is 2. The molecule has 0 saturated heterocycles. The molecule has 0 aliphatic carbocycles. The van der Waals surface area contributed by atoms with Gasteiger partial charge >= 0.3 is 0 Å². The Labute approximate surface area is 117 Å². The summed E-state index contributed by atoms with van der Waals surface area (Å²) in [6.07, 6.45) is -0.158. The van der Waals surface area contributed by atoms with Crippen LogP contribution in [0.15, 0.2) is 48.5 Å². The van der Waals surface area contributed by atoms with Gasteiger partial charge in [-0.15, -0.1) is 0 Å². The lowest BCUT2D eigenvalue weighted by Crippen LogP contribution is -2.08. The van der Waals surface area contributed by atoms with Gasteiger partial charge in [-0.2, -0.15) is 5.26 Å². The molecule has 3 heteroatoms. The molecule has 0 fully saturated rings. The molecule has 2 aromatic carbocycles. The van der Waals surface area contributed by atoms with Crippen molar-refractivity contribution in [2.45, 2.75) is 13.3 Å². The number of benzene rings is 2. The number of nitriles is 1. The summed E-state index contributed by atoms with van der Waals surface area (Å²) in [7, 11) is 0. The van der Waals surface area contributed by atoms with Gasteiger partial charge in [0.05, 0.1) is 18.1 Å². The fourth-order valence-electron chi connectivity index (χ4n) is 1.82. The summed E-state index contributed by atoms with van der Waals surface area (Å²) in [6, 6.07) is 15.4. The van der Waals surface area contributed by atoms with Crippen molar-refractivity contribution in [1.29, 1.82) is 5.26 Å². The van der Waals surface area contributed by atoms with Gasteiger partial charge in [0.1, 0.15) is 0 Å². The van der Waals surface area contributed by atoms with E-state index in [-0.39, 0.29) is 18.0 Å². The molecule has 2 rings (SSSR count). The van der Waals surface area contributed by atoms with E-state index in [1.165, 1.54) is 0 Å². The fraction of sp³-hybridized carbons (Fsp3) is 0.118. The van der Waals surface area contributed by atoms with Crippen LogP contribution in [-0.4, -0.2) is 11.6 Å². The minimum absolute atomic E-state index is 0.158. The first-order chi connectivity index (χ1) is 9.60. The van der Waals surface area contributed by atoms with Crippen LogP contribution >= 0.6 is 0 Å². The lowest BCUT2D eigenvalue weighted by Gasteiger charge is -2.02. The maximum absolute atomic E-state index is 12.0. The summed E-state index contributed by atoms with van der Waals surface area (Å²) in [5, 5.41) is 8.69. The molecule has 0 aliphatic heterocycles. The third kappa shape index (κ3) is 3.18. The molecule has 3 nitrogen and oxygen atoms in total. The van der Waals surface area contributed by atoms with E-state index in [4.69, 9.17) is 5.26 Å². The van der Waals surface area contributed by atoms with Gasteiger partial charge in [-0.05, 0) is 19.1 Å². The van der Waals surface area contributed by atoms with E-state index >= 15 is 0 Å². The molecule has 2 aromatic rings. The summed E-state index contributed by atoms with van der Waals surface area (Å²) < 4.78 is 0. The van der Waals surface area contributed by atoms with Crippen molar-refractivity contribution in [3.8, 4) is 6.07 Å². The molecular weight excluding hydrogens is 250 g/mol. The molecule has 20 heavy (non-hydrogen) atoms. The second kappa shape index (κ2) is 5.94. The Morgan fingerprint density at radius 2 is 1.35 bits per heavy atom. The number of carbonyl (C=O) groups excluding carboxylic acids is 2. The Hall–Kier alpha value is -2.73. The number of hydrogen-bond acceptors (Lipinski definition) is 3. The lowest BCUT2D eigenvalue weighted by atomic mass is 10.0. The topological polar surface area (TPSA) is 57.9 Å². The summed E-state index contributed by atoms with van der Waals surface area (Å²) in [5.41, 5.74) is 2.55. The van der Waals surface area contributed by atoms with Gasteiger partial charge in [-0.3, -0.25) is 9.59 Å². The van der Waals surface area contributed by atoms with Gasteiger partial charge in [0.2, 0.25) is 0 Å². The molecule has 0 amide bonds. The Morgan fingerprint density at radius 1 is 0.900 bits per heavy atom. The average molecular weight is 263 g/mol. The van der Waals surface area contributed by atoms with Gasteiger partial charge in [0.25, 0.3) is 0 Å². The third-order valence-electron chi connectivity index (χ3n) is 3.03. The van der Waals surface area contributed by atoms with Crippen molar-refractivity contribution in [3.05, 3.63) is 70.8 Å². The van der Waals surface area contributed by atoms with Gasteiger partial charge < -0.3 is 0 Å². The van der Waals surface area contributed by atoms with Gasteiger partial charge in [-0.1, -0.05) is 42.0 Å². The average Bonchev–Trinajstić information content (AvgIpc) is 2.48. The van der Waals surface area contributed by atoms with Crippen molar-refractivity contribution in [2.24, 2.45) is 0 Å². The minimum Gasteiger partial charge on any atom is -0.294 e. The summed E-state index contributed by atoms with van der Waals surface area (Å²) in [5.74, 6) is -0.431. The number of nitrogens with zero attached hydrogens (tertiary/aromatic N) is 1. The van der Waals surface area contributed by atoms with Gasteiger partial charge in [0, 0.05) is 11.1 Å². The second-order valence-electron chi connectivity index (χ2n) is 4.58. The highest BCUT2D eigenvalue weighted by atomic mass is 16.1. The molecule has 0 atom stereocenters. The van der Waals surface area contributed by atoms with Crippen molar-refractivity contribution in [1.82, 2.24) is 0 Å². The number of aryl methyl sites for hydroxylation is 1. The summed E-state index contributed by atoms with van der Waals surface area (Å²) in [6.45, 7) is 1.94. The monoisotopic (exact) mass is 263 g/mol. The fourth-order valence-corrected chi connectivity index (χ4v) is 1.82. The Balaban J connectivity index is 2.09. The van der Waals surface area contributed by atoms with E-state index in [2.05, 4.69) is 0 Å². The van der Waals surface area contributed by atoms with Crippen LogP contribution < -0.4 is 0 Å². The zero-order valence-electron chi connectivity index (χ0n) is 11.1. The molecule has 0 spiro atoms. The number of hydrogen-bond donors (Lipinski definition) is 0. The first-order valence-corrected chi connectivity index (χ1v) is 6.23. The first-order valence-electron chi connectivity index (χ1n) is 6.23. The van der Waals surface area contributed by atoms with Gasteiger partial charge in [0.15, 0.2) is 11.6 Å². The largest absolute Gasteiger partial charge is 0.294 e. The van der Waals surface area contributed by atoms with Crippen LogP contribution in [0.2, 0.25) is 0 Å². The molecule has 0 N–H and O–H groups in total. The van der Waals surface area contributed by atoms with Crippen LogP contribution in [0.1, 0.15) is 38.3 Å². The van der Waals surface area contributed by atoms with Crippen molar-refractivity contribution >= 4 is 11.6 Å². The highest BCUT2D eigenvalue weighted by Crippen LogP contribution is 2.11. The van der Waals surface area contributed by atoms with Crippen LogP contribution in [0.3, 0.4) is 0 Å². The minimum atomic E-state index is -0.236. The Bertz CT molecular complexity index is 676. The molecule has 0 aromatic heterocycles. The standard InChI is InChI=1S/C17H13NO2/c1-12-2-6-14(7-3-12)16(19)10-17(20)15-8-4-13(11-18)5-9-15/h2-9H,10H2,1H3. The summed E-state index contributed by atoms with van der Waals surface area (Å²) >= 11 is 0. The van der Waals surface area contributed by atoms with Crippen LogP contribution in [0.25, 0.3) is 0 Å². The zero-order valence-corrected chi connectivity index (χ0v) is 11.1. The first kappa shape index (κ1) is 13.7. The number of carbonyl (C=O) groups is 2. The van der Waals surface area contributed by atoms with Crippen LogP contribution in [-0.2, 0) is 0 Å². The van der Waals surface area contributed by atoms with E-state index in [1.807, 2.05) is 25.1 Å². The number of rotatable bonds is 4. The van der Waals surface area contributed by atoms with Crippen molar-refractivity contribution in [3.63, 3.8) is 0 Å². The smallest absolute Gasteiger partial charge is 0.170 e. The van der Waals surface area contributed by atoms with E-state index in [9.17, 15) is 9.59 Å². The van der Waals surface area contributed by atoms with E-state index < -0.39 is 0 Å². The molecule has 0 unspecified atom stereocenters. The maximum atomic E-state index is 12.0. The van der Waals surface area contributed by atoms with Crippen molar-refractivity contribution in [2.75, 3.05) is 0 Å².